The van der Waals surface area contributed by atoms with Crippen LogP contribution >= 0.6 is 11.6 Å². The maximum Gasteiger partial charge on any atom is 0.249 e. The average molecular weight is 369 g/mol. The molecule has 5 nitrogen and oxygen atoms in total. The number of hydrogen-bond acceptors (Lipinski definition) is 3. The van der Waals surface area contributed by atoms with Gasteiger partial charge in [0.05, 0.1) is 12.1 Å². The minimum atomic E-state index is -0.539. The third-order valence-electron chi connectivity index (χ3n) is 4.06. The van der Waals surface area contributed by atoms with Gasteiger partial charge in [0.1, 0.15) is 0 Å². The summed E-state index contributed by atoms with van der Waals surface area (Å²) in [5, 5.41) is 9.37. The predicted octanol–water partition coefficient (Wildman–Crippen LogP) is 3.47. The second-order valence-electron chi connectivity index (χ2n) is 5.83. The van der Waals surface area contributed by atoms with E-state index in [1.165, 1.54) is 0 Å². The highest BCUT2D eigenvalue weighted by Gasteiger charge is 2.18. The molecule has 26 heavy (non-hydrogen) atoms. The van der Waals surface area contributed by atoms with Gasteiger partial charge in [-0.2, -0.15) is 0 Å². The SMILES string of the molecule is O=C(Cc1ccc(C(=O)c2ccc(Cl)cc2)n1Cc1ccccc1)NO. The highest BCUT2D eigenvalue weighted by Crippen LogP contribution is 2.19. The molecular weight excluding hydrogens is 352 g/mol. The lowest BCUT2D eigenvalue weighted by atomic mass is 10.1. The van der Waals surface area contributed by atoms with E-state index in [1.807, 2.05) is 30.3 Å². The van der Waals surface area contributed by atoms with Crippen LogP contribution in [0.15, 0.2) is 66.7 Å². The lowest BCUT2D eigenvalue weighted by Crippen LogP contribution is -2.23. The van der Waals surface area contributed by atoms with E-state index in [1.54, 1.807) is 46.4 Å². The van der Waals surface area contributed by atoms with Crippen LogP contribution in [0.4, 0.5) is 0 Å². The van der Waals surface area contributed by atoms with E-state index >= 15 is 0 Å². The third kappa shape index (κ3) is 4.02. The van der Waals surface area contributed by atoms with E-state index in [0.717, 1.165) is 5.56 Å². The van der Waals surface area contributed by atoms with Crippen molar-refractivity contribution in [2.24, 2.45) is 0 Å². The first-order valence-corrected chi connectivity index (χ1v) is 8.42. The molecule has 0 saturated carbocycles. The first kappa shape index (κ1) is 17.9. The van der Waals surface area contributed by atoms with Crippen molar-refractivity contribution in [2.75, 3.05) is 0 Å². The summed E-state index contributed by atoms with van der Waals surface area (Å²) in [6.07, 6.45) is -0.0305. The number of amides is 1. The predicted molar refractivity (Wildman–Crippen MR) is 98.5 cm³/mol. The first-order chi connectivity index (χ1) is 12.6. The molecule has 3 aromatic rings. The van der Waals surface area contributed by atoms with E-state index in [2.05, 4.69) is 0 Å². The summed E-state index contributed by atoms with van der Waals surface area (Å²) >= 11 is 5.89. The van der Waals surface area contributed by atoms with Crippen LogP contribution in [0.5, 0.6) is 0 Å². The Morgan fingerprint density at radius 2 is 1.65 bits per heavy atom. The molecule has 1 amide bonds. The molecule has 0 unspecified atom stereocenters. The molecule has 1 heterocycles. The molecule has 132 valence electrons. The molecular formula is C20H17ClN2O3. The Kier molecular flexibility index (Phi) is 5.51. The number of aromatic nitrogens is 1. The van der Waals surface area contributed by atoms with Gasteiger partial charge in [-0.15, -0.1) is 0 Å². The summed E-state index contributed by atoms with van der Waals surface area (Å²) in [4.78, 5) is 24.5. The Morgan fingerprint density at radius 1 is 0.962 bits per heavy atom. The van der Waals surface area contributed by atoms with Gasteiger partial charge in [0.25, 0.3) is 0 Å². The molecule has 0 atom stereocenters. The summed E-state index contributed by atoms with van der Waals surface area (Å²) in [6.45, 7) is 0.441. The van der Waals surface area contributed by atoms with Crippen LogP contribution < -0.4 is 5.48 Å². The van der Waals surface area contributed by atoms with E-state index in [4.69, 9.17) is 16.8 Å². The molecule has 0 radical (unpaired) electrons. The van der Waals surface area contributed by atoms with Crippen molar-refractivity contribution < 1.29 is 14.8 Å². The molecule has 0 aliphatic heterocycles. The molecule has 0 bridgehead atoms. The Bertz CT molecular complexity index is 918. The highest BCUT2D eigenvalue weighted by molar-refractivity contribution is 6.30. The highest BCUT2D eigenvalue weighted by atomic mass is 35.5. The summed E-state index contributed by atoms with van der Waals surface area (Å²) in [7, 11) is 0. The van der Waals surface area contributed by atoms with Crippen LogP contribution in [0.25, 0.3) is 0 Å². The molecule has 0 aliphatic carbocycles. The Hall–Kier alpha value is -2.89. The number of nitrogens with one attached hydrogen (secondary N) is 1. The number of hydrogen-bond donors (Lipinski definition) is 2. The van der Waals surface area contributed by atoms with Gasteiger partial charge in [-0.3, -0.25) is 14.8 Å². The summed E-state index contributed by atoms with van der Waals surface area (Å²) in [5.74, 6) is -0.698. The monoisotopic (exact) mass is 368 g/mol. The Morgan fingerprint density at radius 3 is 2.31 bits per heavy atom. The summed E-state index contributed by atoms with van der Waals surface area (Å²) in [5.41, 5.74) is 4.25. The van der Waals surface area contributed by atoms with Crippen molar-refractivity contribution in [3.8, 4) is 0 Å². The van der Waals surface area contributed by atoms with Gasteiger partial charge < -0.3 is 4.57 Å². The lowest BCUT2D eigenvalue weighted by Gasteiger charge is -2.13. The average Bonchev–Trinajstić information content (AvgIpc) is 3.04. The van der Waals surface area contributed by atoms with Crippen LogP contribution in [-0.2, 0) is 17.8 Å². The molecule has 6 heteroatoms. The molecule has 0 fully saturated rings. The minimum Gasteiger partial charge on any atom is -0.337 e. The fraction of sp³-hybridized carbons (Fsp3) is 0.100. The summed E-state index contributed by atoms with van der Waals surface area (Å²) < 4.78 is 1.79. The fourth-order valence-corrected chi connectivity index (χ4v) is 2.89. The standard InChI is InChI=1S/C20H17ClN2O3/c21-16-8-6-15(7-9-16)20(25)18-11-10-17(12-19(24)22-26)23(18)13-14-4-2-1-3-5-14/h1-11,26H,12-13H2,(H,22,24). The minimum absolute atomic E-state index is 0.0305. The Labute approximate surface area is 155 Å². The normalized spacial score (nSPS) is 10.5. The van der Waals surface area contributed by atoms with E-state index < -0.39 is 5.91 Å². The zero-order valence-electron chi connectivity index (χ0n) is 13.9. The number of benzene rings is 2. The maximum absolute atomic E-state index is 12.9. The van der Waals surface area contributed by atoms with Gasteiger partial charge in [0.2, 0.25) is 11.7 Å². The molecule has 2 aromatic carbocycles. The van der Waals surface area contributed by atoms with Crippen LogP contribution in [-0.4, -0.2) is 21.5 Å². The van der Waals surface area contributed by atoms with Gasteiger partial charge in [-0.25, -0.2) is 5.48 Å². The lowest BCUT2D eigenvalue weighted by molar-refractivity contribution is -0.128. The number of carbonyl (C=O) groups is 2. The number of halogens is 1. The van der Waals surface area contributed by atoms with Gasteiger partial charge in [-0.05, 0) is 42.0 Å². The van der Waals surface area contributed by atoms with Crippen LogP contribution in [0.2, 0.25) is 5.02 Å². The van der Waals surface area contributed by atoms with Crippen molar-refractivity contribution in [1.82, 2.24) is 10.0 Å². The molecule has 0 spiro atoms. The van der Waals surface area contributed by atoms with Gasteiger partial charge in [0.15, 0.2) is 0 Å². The van der Waals surface area contributed by atoms with Crippen LogP contribution in [0.3, 0.4) is 0 Å². The number of hydroxylamine groups is 1. The molecule has 0 saturated heterocycles. The zero-order valence-corrected chi connectivity index (χ0v) is 14.6. The largest absolute Gasteiger partial charge is 0.337 e. The smallest absolute Gasteiger partial charge is 0.249 e. The van der Waals surface area contributed by atoms with Gasteiger partial charge >= 0.3 is 0 Å². The second-order valence-corrected chi connectivity index (χ2v) is 6.27. The van der Waals surface area contributed by atoms with E-state index in [-0.39, 0.29) is 12.2 Å². The molecule has 1 aromatic heterocycles. The topological polar surface area (TPSA) is 71.3 Å². The second kappa shape index (κ2) is 7.99. The van der Waals surface area contributed by atoms with Crippen molar-refractivity contribution in [3.63, 3.8) is 0 Å². The van der Waals surface area contributed by atoms with Crippen molar-refractivity contribution in [2.45, 2.75) is 13.0 Å². The molecule has 3 rings (SSSR count). The van der Waals surface area contributed by atoms with E-state index in [9.17, 15) is 9.59 Å². The zero-order chi connectivity index (χ0) is 18.5. The Balaban J connectivity index is 1.99. The van der Waals surface area contributed by atoms with Crippen LogP contribution in [0, 0.1) is 0 Å². The van der Waals surface area contributed by atoms with Crippen molar-refractivity contribution in [1.29, 1.82) is 0 Å². The van der Waals surface area contributed by atoms with Gasteiger partial charge in [0, 0.05) is 22.8 Å². The maximum atomic E-state index is 12.9. The first-order valence-electron chi connectivity index (χ1n) is 8.04. The number of ketones is 1. The summed E-state index contributed by atoms with van der Waals surface area (Å²) in [6, 6.07) is 19.7. The van der Waals surface area contributed by atoms with Crippen LogP contribution in [0.1, 0.15) is 27.3 Å². The quantitative estimate of drug-likeness (QED) is 0.397. The molecule has 2 N–H and O–H groups in total. The van der Waals surface area contributed by atoms with Crippen molar-refractivity contribution >= 4 is 23.3 Å². The van der Waals surface area contributed by atoms with Gasteiger partial charge in [-0.1, -0.05) is 41.9 Å². The molecule has 0 aliphatic rings. The third-order valence-corrected chi connectivity index (χ3v) is 4.31. The number of carbonyl (C=O) groups excluding carboxylic acids is 2. The fourth-order valence-electron chi connectivity index (χ4n) is 2.77. The number of rotatable bonds is 6. The van der Waals surface area contributed by atoms with E-state index in [0.29, 0.717) is 28.5 Å². The van der Waals surface area contributed by atoms with Crippen molar-refractivity contribution in [3.05, 3.63) is 94.3 Å². The number of nitrogens with zero attached hydrogens (tertiary/aromatic N) is 1.